The number of hydrogen-bond acceptors (Lipinski definition) is 5. The average Bonchev–Trinajstić information content (AvgIpc) is 2.92. The van der Waals surface area contributed by atoms with Gasteiger partial charge in [0, 0.05) is 11.9 Å². The molecule has 212 valence electrons. The Morgan fingerprint density at radius 2 is 1.59 bits per heavy atom. The largest absolute Gasteiger partial charge is 0.480 e. The standard InChI is InChI=1S/C31H32N4O5S/c1-20-15-21(2)29(22(3)16-20)41(39,40)35-28(30(36)37)17-23-10-12-24(13-11-23)25-7-6-9-26(18-25)34-31(38)33-19-27-8-4-5-14-32-27/h4-16,18,28,35H,17,19H2,1-3H3,(H,36,37)(H2,33,34,38)/t28-/m0/s1. The Morgan fingerprint density at radius 1 is 0.878 bits per heavy atom. The van der Waals surface area contributed by atoms with Gasteiger partial charge in [-0.2, -0.15) is 4.72 Å². The maximum atomic E-state index is 13.1. The van der Waals surface area contributed by atoms with Gasteiger partial charge in [-0.1, -0.05) is 60.2 Å². The molecule has 0 aliphatic rings. The molecule has 0 aliphatic heterocycles. The zero-order chi connectivity index (χ0) is 29.6. The molecular weight excluding hydrogens is 540 g/mol. The highest BCUT2D eigenvalue weighted by Crippen LogP contribution is 2.25. The summed E-state index contributed by atoms with van der Waals surface area (Å²) >= 11 is 0. The van der Waals surface area contributed by atoms with Crippen molar-refractivity contribution < 1.29 is 23.1 Å². The van der Waals surface area contributed by atoms with E-state index < -0.39 is 22.0 Å². The first-order valence-electron chi connectivity index (χ1n) is 13.0. The van der Waals surface area contributed by atoms with Crippen LogP contribution in [0.2, 0.25) is 0 Å². The number of carboxylic acid groups (broad SMARTS) is 1. The predicted molar refractivity (Wildman–Crippen MR) is 158 cm³/mol. The average molecular weight is 573 g/mol. The van der Waals surface area contributed by atoms with Gasteiger partial charge >= 0.3 is 12.0 Å². The van der Waals surface area contributed by atoms with Gasteiger partial charge in [-0.25, -0.2) is 13.2 Å². The SMILES string of the molecule is Cc1cc(C)c(S(=O)(=O)N[C@@H](Cc2ccc(-c3cccc(NC(=O)NCc4ccccn4)c3)cc2)C(=O)O)c(C)c1. The molecule has 3 aromatic carbocycles. The predicted octanol–water partition coefficient (Wildman–Crippen LogP) is 4.97. The summed E-state index contributed by atoms with van der Waals surface area (Å²) in [4.78, 5) is 28.6. The summed E-state index contributed by atoms with van der Waals surface area (Å²) in [6.07, 6.45) is 1.63. The lowest BCUT2D eigenvalue weighted by atomic mass is 10.0. The number of nitrogens with one attached hydrogen (secondary N) is 3. The number of rotatable bonds is 10. The number of aliphatic carboxylic acids is 1. The molecule has 4 rings (SSSR count). The molecule has 4 N–H and O–H groups in total. The number of urea groups is 1. The molecule has 41 heavy (non-hydrogen) atoms. The number of carboxylic acids is 1. The lowest BCUT2D eigenvalue weighted by molar-refractivity contribution is -0.138. The van der Waals surface area contributed by atoms with E-state index in [0.717, 1.165) is 22.4 Å². The number of carbonyl (C=O) groups is 2. The number of hydrogen-bond donors (Lipinski definition) is 4. The van der Waals surface area contributed by atoms with Crippen LogP contribution in [0.15, 0.2) is 90.0 Å². The van der Waals surface area contributed by atoms with Crippen molar-refractivity contribution in [3.05, 3.63) is 113 Å². The van der Waals surface area contributed by atoms with E-state index in [0.29, 0.717) is 28.9 Å². The van der Waals surface area contributed by atoms with Crippen LogP contribution in [0.25, 0.3) is 11.1 Å². The first-order chi connectivity index (χ1) is 19.5. The van der Waals surface area contributed by atoms with Crippen LogP contribution < -0.4 is 15.4 Å². The minimum absolute atomic E-state index is 0.0309. The van der Waals surface area contributed by atoms with Gasteiger partial charge < -0.3 is 15.7 Å². The molecule has 9 nitrogen and oxygen atoms in total. The number of aromatic nitrogens is 1. The Bertz CT molecular complexity index is 1630. The third-order valence-corrected chi connectivity index (χ3v) is 8.25. The van der Waals surface area contributed by atoms with Crippen LogP contribution >= 0.6 is 0 Å². The van der Waals surface area contributed by atoms with Crippen molar-refractivity contribution in [1.29, 1.82) is 0 Å². The number of amides is 2. The number of benzene rings is 3. The van der Waals surface area contributed by atoms with Crippen LogP contribution in [0.4, 0.5) is 10.5 Å². The van der Waals surface area contributed by atoms with E-state index in [-0.39, 0.29) is 17.3 Å². The van der Waals surface area contributed by atoms with E-state index in [1.54, 1.807) is 50.4 Å². The summed E-state index contributed by atoms with van der Waals surface area (Å²) in [5.74, 6) is -1.26. The highest BCUT2D eigenvalue weighted by Gasteiger charge is 2.28. The second kappa shape index (κ2) is 12.8. The first-order valence-corrected chi connectivity index (χ1v) is 14.5. The molecule has 4 aromatic rings. The van der Waals surface area contributed by atoms with Gasteiger partial charge in [0.25, 0.3) is 0 Å². The van der Waals surface area contributed by atoms with E-state index in [9.17, 15) is 23.1 Å². The number of pyridine rings is 1. The lowest BCUT2D eigenvalue weighted by Crippen LogP contribution is -2.42. The number of sulfonamides is 1. The Labute approximate surface area is 239 Å². The normalized spacial score (nSPS) is 12.0. The molecule has 10 heteroatoms. The second-order valence-corrected chi connectivity index (χ2v) is 11.5. The number of carbonyl (C=O) groups excluding carboxylic acids is 1. The Kier molecular flexibility index (Phi) is 9.16. The van der Waals surface area contributed by atoms with Gasteiger partial charge in [0.1, 0.15) is 6.04 Å². The Morgan fingerprint density at radius 3 is 2.22 bits per heavy atom. The van der Waals surface area contributed by atoms with Gasteiger partial charge in [-0.05, 0) is 79.3 Å². The van der Waals surface area contributed by atoms with Crippen molar-refractivity contribution in [1.82, 2.24) is 15.0 Å². The van der Waals surface area contributed by atoms with E-state index in [1.165, 1.54) is 0 Å². The Balaban J connectivity index is 1.42. The fourth-order valence-electron chi connectivity index (χ4n) is 4.71. The fraction of sp³-hybridized carbons (Fsp3) is 0.194. The molecule has 0 bridgehead atoms. The number of aryl methyl sites for hydroxylation is 3. The zero-order valence-corrected chi connectivity index (χ0v) is 23.8. The van der Waals surface area contributed by atoms with E-state index in [4.69, 9.17) is 0 Å². The molecule has 1 aromatic heterocycles. The van der Waals surface area contributed by atoms with E-state index >= 15 is 0 Å². The second-order valence-electron chi connectivity index (χ2n) is 9.85. The quantitative estimate of drug-likeness (QED) is 0.212. The molecule has 0 saturated carbocycles. The molecule has 1 atom stereocenters. The Hall–Kier alpha value is -4.54. The summed E-state index contributed by atoms with van der Waals surface area (Å²) in [6.45, 7) is 5.57. The monoisotopic (exact) mass is 572 g/mol. The van der Waals surface area contributed by atoms with Gasteiger partial charge in [0.2, 0.25) is 10.0 Å². The third-order valence-electron chi connectivity index (χ3n) is 6.47. The summed E-state index contributed by atoms with van der Waals surface area (Å²) in [7, 11) is -4.06. The smallest absolute Gasteiger partial charge is 0.322 e. The van der Waals surface area contributed by atoms with Crippen LogP contribution in [0.1, 0.15) is 27.9 Å². The highest BCUT2D eigenvalue weighted by atomic mass is 32.2. The molecule has 1 heterocycles. The van der Waals surface area contributed by atoms with Crippen molar-refractivity contribution in [3.8, 4) is 11.1 Å². The van der Waals surface area contributed by atoms with Gasteiger partial charge in [-0.15, -0.1) is 0 Å². The van der Waals surface area contributed by atoms with E-state index in [1.807, 2.05) is 55.5 Å². The van der Waals surface area contributed by atoms with Crippen LogP contribution in [-0.2, 0) is 27.8 Å². The van der Waals surface area contributed by atoms with Gasteiger partial charge in [0.15, 0.2) is 0 Å². The third kappa shape index (κ3) is 7.77. The topological polar surface area (TPSA) is 137 Å². The summed E-state index contributed by atoms with van der Waals surface area (Å²) < 4.78 is 28.7. The summed E-state index contributed by atoms with van der Waals surface area (Å²) in [6, 6.07) is 21.8. The van der Waals surface area contributed by atoms with Crippen molar-refractivity contribution >= 4 is 27.7 Å². The molecule has 0 fully saturated rings. The van der Waals surface area contributed by atoms with Crippen molar-refractivity contribution in [2.24, 2.45) is 0 Å². The van der Waals surface area contributed by atoms with Crippen molar-refractivity contribution in [2.75, 3.05) is 5.32 Å². The molecule has 0 radical (unpaired) electrons. The van der Waals surface area contributed by atoms with Crippen molar-refractivity contribution in [2.45, 2.75) is 44.7 Å². The molecule has 0 aliphatic carbocycles. The maximum absolute atomic E-state index is 13.1. The molecular formula is C31H32N4O5S. The zero-order valence-electron chi connectivity index (χ0n) is 23.0. The minimum atomic E-state index is -4.06. The van der Waals surface area contributed by atoms with Crippen LogP contribution in [-0.4, -0.2) is 36.6 Å². The summed E-state index contributed by atoms with van der Waals surface area (Å²) in [5.41, 5.74) is 5.76. The number of anilines is 1. The number of nitrogens with zero attached hydrogens (tertiary/aromatic N) is 1. The highest BCUT2D eigenvalue weighted by molar-refractivity contribution is 7.89. The van der Waals surface area contributed by atoms with Crippen LogP contribution in [0, 0.1) is 20.8 Å². The molecule has 2 amide bonds. The van der Waals surface area contributed by atoms with Gasteiger partial charge in [-0.3, -0.25) is 9.78 Å². The molecule has 0 unspecified atom stereocenters. The van der Waals surface area contributed by atoms with Crippen molar-refractivity contribution in [3.63, 3.8) is 0 Å². The lowest BCUT2D eigenvalue weighted by Gasteiger charge is -2.18. The van der Waals surface area contributed by atoms with E-state index in [2.05, 4.69) is 20.3 Å². The molecule has 0 spiro atoms. The van der Waals surface area contributed by atoms with Crippen LogP contribution in [0.3, 0.4) is 0 Å². The first kappa shape index (κ1) is 29.4. The minimum Gasteiger partial charge on any atom is -0.480 e. The molecule has 0 saturated heterocycles. The van der Waals surface area contributed by atoms with Gasteiger partial charge in [0.05, 0.1) is 17.1 Å². The maximum Gasteiger partial charge on any atom is 0.322 e. The fourth-order valence-corrected chi connectivity index (χ4v) is 6.35. The van der Waals surface area contributed by atoms with Crippen LogP contribution in [0.5, 0.6) is 0 Å². The summed E-state index contributed by atoms with van der Waals surface area (Å²) in [5, 5.41) is 15.4.